The maximum Gasteiger partial charge on any atom is 0.223 e. The van der Waals surface area contributed by atoms with E-state index in [1.807, 2.05) is 4.90 Å². The molecule has 1 fully saturated rings. The van der Waals surface area contributed by atoms with E-state index in [4.69, 9.17) is 0 Å². The van der Waals surface area contributed by atoms with Gasteiger partial charge in [0.25, 0.3) is 0 Å². The van der Waals surface area contributed by atoms with Crippen LogP contribution in [0, 0.1) is 12.3 Å². The lowest BCUT2D eigenvalue weighted by atomic mass is 9.83. The molecule has 0 aromatic rings. The molecule has 1 aliphatic heterocycles. The molecule has 0 atom stereocenters. The Balaban J connectivity index is 2.42. The fraction of sp³-hybridized carbons (Fsp3) is 0.778. The summed E-state index contributed by atoms with van der Waals surface area (Å²) in [5.74, 6) is -0.0273. The van der Waals surface area contributed by atoms with Crippen molar-refractivity contribution in [1.82, 2.24) is 4.90 Å². The third kappa shape index (κ3) is 2.21. The molecule has 1 saturated heterocycles. The molecular formula is C9H16NO. The van der Waals surface area contributed by atoms with Crippen molar-refractivity contribution in [2.75, 3.05) is 13.1 Å². The summed E-state index contributed by atoms with van der Waals surface area (Å²) in [6, 6.07) is 0. The van der Waals surface area contributed by atoms with E-state index in [1.54, 1.807) is 0 Å². The number of hydrogen-bond acceptors (Lipinski definition) is 1. The lowest BCUT2D eigenvalue weighted by molar-refractivity contribution is -0.128. The average molecular weight is 154 g/mol. The Morgan fingerprint density at radius 1 is 1.36 bits per heavy atom. The Hall–Kier alpha value is -0.530. The molecule has 2 nitrogen and oxygen atoms in total. The number of likely N-dealkylation sites (tertiary alicyclic amines) is 1. The van der Waals surface area contributed by atoms with Crippen LogP contribution in [0.5, 0.6) is 0 Å². The second-order valence-electron chi connectivity index (χ2n) is 4.05. The van der Waals surface area contributed by atoms with Crippen molar-refractivity contribution in [3.63, 3.8) is 0 Å². The highest BCUT2D eigenvalue weighted by Crippen LogP contribution is 2.29. The van der Waals surface area contributed by atoms with Crippen molar-refractivity contribution in [3.05, 3.63) is 6.92 Å². The lowest BCUT2D eigenvalue weighted by Gasteiger charge is -2.36. The molecule has 1 amide bonds. The van der Waals surface area contributed by atoms with E-state index < -0.39 is 0 Å². The first-order chi connectivity index (χ1) is 5.01. The summed E-state index contributed by atoms with van der Waals surface area (Å²) in [5.41, 5.74) is 0.423. The van der Waals surface area contributed by atoms with Crippen LogP contribution < -0.4 is 0 Å². The van der Waals surface area contributed by atoms with E-state index in [0.29, 0.717) is 5.41 Å². The van der Waals surface area contributed by atoms with Crippen molar-refractivity contribution in [1.29, 1.82) is 0 Å². The van der Waals surface area contributed by atoms with Crippen LogP contribution in [0.2, 0.25) is 0 Å². The molecule has 0 saturated carbocycles. The van der Waals surface area contributed by atoms with Gasteiger partial charge in [-0.15, -0.1) is 0 Å². The van der Waals surface area contributed by atoms with E-state index in [-0.39, 0.29) is 5.91 Å². The molecule has 11 heavy (non-hydrogen) atoms. The molecule has 0 bridgehead atoms. The van der Waals surface area contributed by atoms with Crippen LogP contribution in [-0.4, -0.2) is 23.9 Å². The maximum atomic E-state index is 10.8. The Labute approximate surface area is 68.6 Å². The first kappa shape index (κ1) is 8.57. The highest BCUT2D eigenvalue weighted by molar-refractivity contribution is 5.80. The van der Waals surface area contributed by atoms with Gasteiger partial charge in [-0.2, -0.15) is 0 Å². The van der Waals surface area contributed by atoms with Gasteiger partial charge in [0.1, 0.15) is 0 Å². The van der Waals surface area contributed by atoms with Crippen LogP contribution in [0.25, 0.3) is 0 Å². The van der Waals surface area contributed by atoms with E-state index in [9.17, 15) is 4.79 Å². The Bertz CT molecular complexity index is 153. The highest BCUT2D eigenvalue weighted by atomic mass is 16.2. The smallest absolute Gasteiger partial charge is 0.223 e. The van der Waals surface area contributed by atoms with E-state index >= 15 is 0 Å². The van der Waals surface area contributed by atoms with Gasteiger partial charge in [0.05, 0.1) is 0 Å². The standard InChI is InChI=1S/C9H16NO/c1-8(11)10-6-4-9(2,3)5-7-10/h1,4-7H2,2-3H3. The van der Waals surface area contributed by atoms with Crippen molar-refractivity contribution in [2.24, 2.45) is 5.41 Å². The number of carbonyl (C=O) groups excluding carboxylic acids is 1. The Morgan fingerprint density at radius 3 is 2.18 bits per heavy atom. The SMILES string of the molecule is [CH2]C(=O)N1CCC(C)(C)CC1. The molecule has 2 heteroatoms. The van der Waals surface area contributed by atoms with Gasteiger partial charge in [-0.3, -0.25) is 4.79 Å². The number of hydrogen-bond donors (Lipinski definition) is 0. The molecule has 0 aliphatic carbocycles. The fourth-order valence-corrected chi connectivity index (χ4v) is 1.36. The summed E-state index contributed by atoms with van der Waals surface area (Å²) in [7, 11) is 0. The Kier molecular flexibility index (Phi) is 2.21. The number of piperidine rings is 1. The molecule has 1 aliphatic rings. The van der Waals surface area contributed by atoms with Gasteiger partial charge in [0.15, 0.2) is 0 Å². The molecule has 1 radical (unpaired) electrons. The zero-order valence-electron chi connectivity index (χ0n) is 7.39. The first-order valence-electron chi connectivity index (χ1n) is 4.12. The molecule has 1 heterocycles. The molecule has 63 valence electrons. The minimum Gasteiger partial charge on any atom is -0.343 e. The van der Waals surface area contributed by atoms with Gasteiger partial charge in [-0.25, -0.2) is 0 Å². The minimum absolute atomic E-state index is 0.0273. The summed E-state index contributed by atoms with van der Waals surface area (Å²) < 4.78 is 0. The van der Waals surface area contributed by atoms with Gasteiger partial charge in [-0.1, -0.05) is 13.8 Å². The van der Waals surface area contributed by atoms with Crippen molar-refractivity contribution >= 4 is 5.91 Å². The predicted molar refractivity (Wildman–Crippen MR) is 45.0 cm³/mol. The van der Waals surface area contributed by atoms with Crippen molar-refractivity contribution in [2.45, 2.75) is 26.7 Å². The average Bonchev–Trinajstić information content (AvgIpc) is 1.86. The van der Waals surface area contributed by atoms with E-state index in [2.05, 4.69) is 20.8 Å². The third-order valence-electron chi connectivity index (χ3n) is 2.47. The second-order valence-corrected chi connectivity index (χ2v) is 4.05. The molecule has 0 aromatic heterocycles. The summed E-state index contributed by atoms with van der Waals surface area (Å²) in [6.45, 7) is 9.66. The largest absolute Gasteiger partial charge is 0.343 e. The highest BCUT2D eigenvalue weighted by Gasteiger charge is 2.25. The summed E-state index contributed by atoms with van der Waals surface area (Å²) in [5, 5.41) is 0. The number of amides is 1. The quantitative estimate of drug-likeness (QED) is 0.517. The third-order valence-corrected chi connectivity index (χ3v) is 2.47. The topological polar surface area (TPSA) is 20.3 Å². The van der Waals surface area contributed by atoms with Gasteiger partial charge < -0.3 is 4.90 Å². The molecule has 0 aromatic carbocycles. The predicted octanol–water partition coefficient (Wildman–Crippen LogP) is 1.47. The van der Waals surface area contributed by atoms with Crippen LogP contribution in [0.1, 0.15) is 26.7 Å². The zero-order chi connectivity index (χ0) is 8.48. The van der Waals surface area contributed by atoms with Crippen LogP contribution in [-0.2, 0) is 4.79 Å². The number of carbonyl (C=O) groups is 1. The van der Waals surface area contributed by atoms with Crippen molar-refractivity contribution < 1.29 is 4.79 Å². The lowest BCUT2D eigenvalue weighted by Crippen LogP contribution is -2.39. The molecule has 0 spiro atoms. The second kappa shape index (κ2) is 2.84. The summed E-state index contributed by atoms with van der Waals surface area (Å²) >= 11 is 0. The van der Waals surface area contributed by atoms with Crippen LogP contribution in [0.3, 0.4) is 0 Å². The van der Waals surface area contributed by atoms with Crippen LogP contribution >= 0.6 is 0 Å². The summed E-state index contributed by atoms with van der Waals surface area (Å²) in [4.78, 5) is 12.6. The van der Waals surface area contributed by atoms with E-state index in [0.717, 1.165) is 25.9 Å². The van der Waals surface area contributed by atoms with Crippen LogP contribution in [0.4, 0.5) is 0 Å². The van der Waals surface area contributed by atoms with Gasteiger partial charge >= 0.3 is 0 Å². The van der Waals surface area contributed by atoms with E-state index in [1.165, 1.54) is 0 Å². The molecule has 0 N–H and O–H groups in total. The van der Waals surface area contributed by atoms with Gasteiger partial charge in [0.2, 0.25) is 5.91 Å². The van der Waals surface area contributed by atoms with Crippen LogP contribution in [0.15, 0.2) is 0 Å². The molecule has 1 rings (SSSR count). The van der Waals surface area contributed by atoms with Gasteiger partial charge in [0, 0.05) is 20.0 Å². The minimum atomic E-state index is -0.0273. The summed E-state index contributed by atoms with van der Waals surface area (Å²) in [6.07, 6.45) is 2.21. The monoisotopic (exact) mass is 154 g/mol. The normalized spacial score (nSPS) is 23.4. The zero-order valence-corrected chi connectivity index (χ0v) is 7.39. The number of nitrogens with zero attached hydrogens (tertiary/aromatic N) is 1. The first-order valence-corrected chi connectivity index (χ1v) is 4.12. The molecule has 0 unspecified atom stereocenters. The van der Waals surface area contributed by atoms with Crippen molar-refractivity contribution in [3.8, 4) is 0 Å². The fourth-order valence-electron chi connectivity index (χ4n) is 1.36. The van der Waals surface area contributed by atoms with Gasteiger partial charge in [-0.05, 0) is 18.3 Å². The Morgan fingerprint density at radius 2 is 1.82 bits per heavy atom. The maximum absolute atomic E-state index is 10.8. The number of rotatable bonds is 0. The molecular weight excluding hydrogens is 138 g/mol.